The highest BCUT2D eigenvalue weighted by molar-refractivity contribution is 7.89. The average Bonchev–Trinajstić information content (AvgIpc) is 2.47. The van der Waals surface area contributed by atoms with E-state index in [9.17, 15) is 13.2 Å². The third-order valence-electron chi connectivity index (χ3n) is 3.45. The molecule has 0 radical (unpaired) electrons. The minimum atomic E-state index is -3.88. The first-order valence-electron chi connectivity index (χ1n) is 7.09. The van der Waals surface area contributed by atoms with Crippen LogP contribution in [0.25, 0.3) is 0 Å². The van der Waals surface area contributed by atoms with E-state index in [1.807, 2.05) is 0 Å². The highest BCUT2D eigenvalue weighted by atomic mass is 35.5. The molecule has 0 aliphatic rings. The normalized spacial score (nSPS) is 11.2. The van der Waals surface area contributed by atoms with Gasteiger partial charge in [0.1, 0.15) is 5.75 Å². The zero-order chi connectivity index (χ0) is 18.8. The smallest absolute Gasteiger partial charge is 0.262 e. The Labute approximate surface area is 155 Å². The zero-order valence-corrected chi connectivity index (χ0v) is 15.8. The monoisotopic (exact) mass is 402 g/mol. The van der Waals surface area contributed by atoms with E-state index < -0.39 is 15.9 Å². The highest BCUT2D eigenvalue weighted by Crippen LogP contribution is 2.25. The molecule has 25 heavy (non-hydrogen) atoms. The Morgan fingerprint density at radius 3 is 2.28 bits per heavy atom. The number of hydrogen-bond acceptors (Lipinski definition) is 4. The Balaban J connectivity index is 2.13. The van der Waals surface area contributed by atoms with Crippen molar-refractivity contribution in [2.75, 3.05) is 11.9 Å². The maximum atomic E-state index is 12.1. The van der Waals surface area contributed by atoms with E-state index >= 15 is 0 Å². The molecule has 0 bridgehead atoms. The number of hydrogen-bond donors (Lipinski definition) is 2. The van der Waals surface area contributed by atoms with Gasteiger partial charge in [0.05, 0.1) is 4.90 Å². The molecule has 2 aromatic rings. The number of halogens is 2. The second-order valence-electron chi connectivity index (χ2n) is 5.40. The fraction of sp³-hybridized carbons (Fsp3) is 0.188. The van der Waals surface area contributed by atoms with Gasteiger partial charge in [-0.15, -0.1) is 0 Å². The number of ether oxygens (including phenoxy) is 1. The third-order valence-corrected chi connectivity index (χ3v) is 4.78. The Bertz CT molecular complexity index is 910. The fourth-order valence-corrected chi connectivity index (χ4v) is 3.20. The molecule has 0 aromatic heterocycles. The maximum absolute atomic E-state index is 12.1. The summed E-state index contributed by atoms with van der Waals surface area (Å²) >= 11 is 11.7. The predicted octanol–water partition coefficient (Wildman–Crippen LogP) is 3.28. The van der Waals surface area contributed by atoms with Crippen molar-refractivity contribution in [2.45, 2.75) is 18.7 Å². The van der Waals surface area contributed by atoms with E-state index in [1.54, 1.807) is 19.9 Å². The van der Waals surface area contributed by atoms with Crippen LogP contribution in [0, 0.1) is 13.8 Å². The number of benzene rings is 2. The minimum absolute atomic E-state index is 0.0755. The van der Waals surface area contributed by atoms with E-state index in [2.05, 4.69) is 5.32 Å². The van der Waals surface area contributed by atoms with Crippen LogP contribution in [-0.4, -0.2) is 20.9 Å². The van der Waals surface area contributed by atoms with Gasteiger partial charge in [-0.3, -0.25) is 4.79 Å². The summed E-state index contributed by atoms with van der Waals surface area (Å²) in [6, 6.07) is 7.35. The van der Waals surface area contributed by atoms with Crippen molar-refractivity contribution in [1.29, 1.82) is 0 Å². The summed E-state index contributed by atoms with van der Waals surface area (Å²) in [6.07, 6.45) is 0. The molecular weight excluding hydrogens is 387 g/mol. The van der Waals surface area contributed by atoms with Gasteiger partial charge in [0.15, 0.2) is 6.61 Å². The summed E-state index contributed by atoms with van der Waals surface area (Å²) in [6.45, 7) is 3.19. The van der Waals surface area contributed by atoms with E-state index in [0.29, 0.717) is 27.0 Å². The van der Waals surface area contributed by atoms with Crippen molar-refractivity contribution >= 4 is 44.8 Å². The first-order valence-corrected chi connectivity index (χ1v) is 9.39. The first kappa shape index (κ1) is 19.5. The average molecular weight is 403 g/mol. The van der Waals surface area contributed by atoms with E-state index in [4.69, 9.17) is 33.1 Å². The molecule has 134 valence electrons. The van der Waals surface area contributed by atoms with Crippen LogP contribution in [0.5, 0.6) is 5.75 Å². The Morgan fingerprint density at radius 1 is 1.12 bits per heavy atom. The topological polar surface area (TPSA) is 98.5 Å². The molecule has 0 aliphatic carbocycles. The van der Waals surface area contributed by atoms with Crippen LogP contribution in [0.3, 0.4) is 0 Å². The quantitative estimate of drug-likeness (QED) is 0.801. The number of carbonyl (C=O) groups excluding carboxylic acids is 1. The third kappa shape index (κ3) is 5.34. The van der Waals surface area contributed by atoms with Crippen LogP contribution in [-0.2, 0) is 14.8 Å². The Morgan fingerprint density at radius 2 is 1.72 bits per heavy atom. The first-order chi connectivity index (χ1) is 11.6. The molecule has 2 aromatic carbocycles. The van der Waals surface area contributed by atoms with Gasteiger partial charge in [-0.25, -0.2) is 13.6 Å². The molecule has 0 spiro atoms. The van der Waals surface area contributed by atoms with Gasteiger partial charge >= 0.3 is 0 Å². The largest absolute Gasteiger partial charge is 0.484 e. The van der Waals surface area contributed by atoms with Gasteiger partial charge < -0.3 is 10.1 Å². The lowest BCUT2D eigenvalue weighted by atomic mass is 10.1. The zero-order valence-electron chi connectivity index (χ0n) is 13.5. The summed E-state index contributed by atoms with van der Waals surface area (Å²) < 4.78 is 28.4. The second-order valence-corrected chi connectivity index (χ2v) is 7.83. The van der Waals surface area contributed by atoms with Crippen molar-refractivity contribution in [3.05, 3.63) is 51.5 Å². The highest BCUT2D eigenvalue weighted by Gasteiger charge is 2.14. The SMILES string of the molecule is Cc1cc(S(N)(=O)=O)cc(NC(=O)COc2cc(Cl)cc(Cl)c2)c1C. The minimum Gasteiger partial charge on any atom is -0.484 e. The van der Waals surface area contributed by atoms with Crippen LogP contribution in [0.2, 0.25) is 10.0 Å². The number of rotatable bonds is 5. The lowest BCUT2D eigenvalue weighted by Gasteiger charge is -2.13. The van der Waals surface area contributed by atoms with Crippen LogP contribution < -0.4 is 15.2 Å². The number of anilines is 1. The standard InChI is InChI=1S/C16H16Cl2N2O4S/c1-9-3-14(25(19,22)23)7-15(10(9)2)20-16(21)8-24-13-5-11(17)4-12(18)6-13/h3-7H,8H2,1-2H3,(H,20,21)(H2,19,22,23). The summed E-state index contributed by atoms with van der Waals surface area (Å²) in [5.41, 5.74) is 1.76. The molecule has 6 nitrogen and oxygen atoms in total. The molecule has 0 fully saturated rings. The molecule has 0 unspecified atom stereocenters. The Hall–Kier alpha value is -1.80. The lowest BCUT2D eigenvalue weighted by Crippen LogP contribution is -2.21. The van der Waals surface area contributed by atoms with Crippen LogP contribution in [0.4, 0.5) is 5.69 Å². The van der Waals surface area contributed by atoms with Gasteiger partial charge in [0, 0.05) is 15.7 Å². The van der Waals surface area contributed by atoms with Crippen molar-refractivity contribution in [2.24, 2.45) is 5.14 Å². The summed E-state index contributed by atoms with van der Waals surface area (Å²) in [5, 5.41) is 8.53. The molecule has 0 heterocycles. The number of primary sulfonamides is 1. The molecule has 0 aliphatic heterocycles. The lowest BCUT2D eigenvalue weighted by molar-refractivity contribution is -0.118. The predicted molar refractivity (Wildman–Crippen MR) is 97.9 cm³/mol. The van der Waals surface area contributed by atoms with Crippen molar-refractivity contribution in [3.8, 4) is 5.75 Å². The Kier molecular flexibility index (Phi) is 5.95. The van der Waals surface area contributed by atoms with Gasteiger partial charge in [-0.05, 0) is 55.3 Å². The number of aryl methyl sites for hydroxylation is 1. The van der Waals surface area contributed by atoms with Crippen LogP contribution in [0.1, 0.15) is 11.1 Å². The number of nitrogens with two attached hydrogens (primary N) is 1. The van der Waals surface area contributed by atoms with Gasteiger partial charge in [0.2, 0.25) is 10.0 Å². The molecule has 0 atom stereocenters. The number of sulfonamides is 1. The van der Waals surface area contributed by atoms with E-state index in [-0.39, 0.29) is 11.5 Å². The van der Waals surface area contributed by atoms with Crippen molar-refractivity contribution in [1.82, 2.24) is 0 Å². The van der Waals surface area contributed by atoms with E-state index in [1.165, 1.54) is 24.3 Å². The maximum Gasteiger partial charge on any atom is 0.262 e. The molecule has 2 rings (SSSR count). The molecule has 0 saturated carbocycles. The molecule has 0 saturated heterocycles. The molecule has 9 heteroatoms. The van der Waals surface area contributed by atoms with Gasteiger partial charge in [0.25, 0.3) is 5.91 Å². The number of nitrogens with one attached hydrogen (secondary N) is 1. The van der Waals surface area contributed by atoms with E-state index in [0.717, 1.165) is 5.56 Å². The summed E-state index contributed by atoms with van der Waals surface area (Å²) in [5.74, 6) is -0.121. The van der Waals surface area contributed by atoms with Gasteiger partial charge in [-0.2, -0.15) is 0 Å². The summed E-state index contributed by atoms with van der Waals surface area (Å²) in [7, 11) is -3.88. The number of carbonyl (C=O) groups is 1. The second kappa shape index (κ2) is 7.61. The van der Waals surface area contributed by atoms with Crippen molar-refractivity contribution in [3.63, 3.8) is 0 Å². The van der Waals surface area contributed by atoms with Crippen molar-refractivity contribution < 1.29 is 17.9 Å². The summed E-state index contributed by atoms with van der Waals surface area (Å²) in [4.78, 5) is 12.0. The number of amides is 1. The fourth-order valence-electron chi connectivity index (χ4n) is 2.07. The van der Waals surface area contributed by atoms with Gasteiger partial charge in [-0.1, -0.05) is 23.2 Å². The molecular formula is C16H16Cl2N2O4S. The molecule has 1 amide bonds. The van der Waals surface area contributed by atoms with Crippen LogP contribution in [0.15, 0.2) is 35.2 Å². The van der Waals surface area contributed by atoms with Crippen LogP contribution >= 0.6 is 23.2 Å². The molecule has 3 N–H and O–H groups in total.